The Labute approximate surface area is 99.4 Å². The molecule has 0 saturated carbocycles. The molecule has 4 nitrogen and oxygen atoms in total. The number of esters is 1. The van der Waals surface area contributed by atoms with E-state index in [9.17, 15) is 18.0 Å². The van der Waals surface area contributed by atoms with Crippen molar-refractivity contribution in [2.45, 2.75) is 12.6 Å². The lowest BCUT2D eigenvalue weighted by molar-refractivity contribution is -0.173. The predicted molar refractivity (Wildman–Crippen MR) is 54.0 cm³/mol. The molecule has 0 spiro atoms. The van der Waals surface area contributed by atoms with Crippen LogP contribution in [0.25, 0.3) is 0 Å². The summed E-state index contributed by atoms with van der Waals surface area (Å²) < 4.78 is 44.1. The van der Waals surface area contributed by atoms with E-state index in [-0.39, 0.29) is 13.0 Å². The van der Waals surface area contributed by atoms with E-state index in [0.717, 1.165) is 11.3 Å². The topological polar surface area (TPSA) is 48.4 Å². The molecule has 0 bridgehead atoms. The highest BCUT2D eigenvalue weighted by molar-refractivity contribution is 7.13. The van der Waals surface area contributed by atoms with Gasteiger partial charge in [-0.2, -0.15) is 13.2 Å². The smallest absolute Gasteiger partial charge is 0.411 e. The van der Waals surface area contributed by atoms with E-state index < -0.39 is 18.8 Å². The zero-order chi connectivity index (χ0) is 12.9. The number of methoxy groups -OCH3 is 1. The second-order valence-electron chi connectivity index (χ2n) is 3.03. The molecule has 8 heteroatoms. The third-order valence-electron chi connectivity index (χ3n) is 1.67. The first-order valence-electron chi connectivity index (χ1n) is 4.60. The van der Waals surface area contributed by atoms with Crippen molar-refractivity contribution in [3.63, 3.8) is 0 Å². The number of ether oxygens (including phenoxy) is 2. The zero-order valence-electron chi connectivity index (χ0n) is 8.91. The van der Waals surface area contributed by atoms with E-state index in [1.54, 1.807) is 0 Å². The summed E-state index contributed by atoms with van der Waals surface area (Å²) in [6.07, 6.45) is -2.76. The van der Waals surface area contributed by atoms with Gasteiger partial charge in [-0.15, -0.1) is 11.3 Å². The Morgan fingerprint density at radius 3 is 2.82 bits per heavy atom. The van der Waals surface area contributed by atoms with Crippen LogP contribution in [-0.2, 0) is 15.9 Å². The summed E-state index contributed by atoms with van der Waals surface area (Å²) >= 11 is 1.08. The quantitative estimate of drug-likeness (QED) is 0.606. The molecule has 0 N–H and O–H groups in total. The predicted octanol–water partition coefficient (Wildman–Crippen LogP) is 2.05. The molecule has 0 radical (unpaired) electrons. The molecular formula is C9H10F3NO3S. The van der Waals surface area contributed by atoms with Gasteiger partial charge in [0.05, 0.1) is 24.9 Å². The van der Waals surface area contributed by atoms with Crippen molar-refractivity contribution in [3.05, 3.63) is 16.1 Å². The summed E-state index contributed by atoms with van der Waals surface area (Å²) in [6.45, 7) is -1.37. The Hall–Kier alpha value is -1.15. The van der Waals surface area contributed by atoms with Gasteiger partial charge in [-0.1, -0.05) is 0 Å². The molecule has 1 aromatic heterocycles. The highest BCUT2D eigenvalue weighted by Gasteiger charge is 2.27. The van der Waals surface area contributed by atoms with Crippen LogP contribution in [0, 0.1) is 0 Å². The van der Waals surface area contributed by atoms with Crippen LogP contribution in [0.4, 0.5) is 13.2 Å². The highest BCUT2D eigenvalue weighted by Crippen LogP contribution is 2.16. The van der Waals surface area contributed by atoms with Crippen molar-refractivity contribution in [2.24, 2.45) is 0 Å². The lowest BCUT2D eigenvalue weighted by Crippen LogP contribution is -2.17. The lowest BCUT2D eigenvalue weighted by atomic mass is 10.5. The average molecular weight is 269 g/mol. The summed E-state index contributed by atoms with van der Waals surface area (Å²) in [5, 5.41) is 0.535. The van der Waals surface area contributed by atoms with E-state index in [2.05, 4.69) is 14.5 Å². The summed E-state index contributed by atoms with van der Waals surface area (Å²) in [5.74, 6) is -0.509. The number of hydrogen-bond donors (Lipinski definition) is 0. The molecule has 0 atom stereocenters. The summed E-state index contributed by atoms with van der Waals surface area (Å²) in [7, 11) is 1.24. The third-order valence-corrected chi connectivity index (χ3v) is 2.70. The first kappa shape index (κ1) is 13.9. The minimum absolute atomic E-state index is 0.0896. The zero-order valence-corrected chi connectivity index (χ0v) is 9.73. The van der Waals surface area contributed by atoms with Gasteiger partial charge in [0, 0.05) is 6.42 Å². The van der Waals surface area contributed by atoms with Gasteiger partial charge in [-0.05, 0) is 0 Å². The van der Waals surface area contributed by atoms with Crippen LogP contribution >= 0.6 is 11.3 Å². The van der Waals surface area contributed by atoms with Crippen LogP contribution in [0.15, 0.2) is 6.20 Å². The first-order chi connectivity index (χ1) is 7.92. The second-order valence-corrected chi connectivity index (χ2v) is 4.14. The Morgan fingerprint density at radius 2 is 2.24 bits per heavy atom. The molecule has 96 valence electrons. The fourth-order valence-electron chi connectivity index (χ4n) is 0.968. The average Bonchev–Trinajstić information content (AvgIpc) is 2.70. The fraction of sp³-hybridized carbons (Fsp3) is 0.556. The normalized spacial score (nSPS) is 11.5. The van der Waals surface area contributed by atoms with E-state index >= 15 is 0 Å². The standard InChI is InChI=1S/C9H10F3NO3S/c1-15-8(14)6-4-13-7(17-6)2-3-16-5-9(10,11)12/h4H,2-3,5H2,1H3. The van der Waals surface area contributed by atoms with Crippen LogP contribution in [0.1, 0.15) is 14.7 Å². The summed E-state index contributed by atoms with van der Waals surface area (Å²) in [5.41, 5.74) is 0. The Morgan fingerprint density at radius 1 is 1.53 bits per heavy atom. The van der Waals surface area contributed by atoms with Crippen molar-refractivity contribution in [2.75, 3.05) is 20.3 Å². The molecule has 0 saturated heterocycles. The summed E-state index contributed by atoms with van der Waals surface area (Å²) in [4.78, 5) is 15.2. The van der Waals surface area contributed by atoms with Gasteiger partial charge < -0.3 is 9.47 Å². The SMILES string of the molecule is COC(=O)c1cnc(CCOCC(F)(F)F)s1. The lowest BCUT2D eigenvalue weighted by Gasteiger charge is -2.05. The number of hydrogen-bond acceptors (Lipinski definition) is 5. The number of nitrogens with zero attached hydrogens (tertiary/aromatic N) is 1. The summed E-state index contributed by atoms with van der Waals surface area (Å²) in [6, 6.07) is 0. The number of carbonyl (C=O) groups is 1. The fourth-order valence-corrected chi connectivity index (χ4v) is 1.78. The van der Waals surface area contributed by atoms with Gasteiger partial charge in [-0.3, -0.25) is 0 Å². The van der Waals surface area contributed by atoms with Gasteiger partial charge in [0.25, 0.3) is 0 Å². The minimum Gasteiger partial charge on any atom is -0.465 e. The maximum Gasteiger partial charge on any atom is 0.411 e. The molecule has 0 aliphatic heterocycles. The first-order valence-corrected chi connectivity index (χ1v) is 5.41. The van der Waals surface area contributed by atoms with E-state index in [1.807, 2.05) is 0 Å². The molecule has 0 fully saturated rings. The van der Waals surface area contributed by atoms with Gasteiger partial charge in [0.15, 0.2) is 0 Å². The molecule has 0 aromatic carbocycles. The number of halogens is 3. The van der Waals surface area contributed by atoms with E-state index in [0.29, 0.717) is 9.88 Å². The van der Waals surface area contributed by atoms with E-state index in [4.69, 9.17) is 0 Å². The number of aromatic nitrogens is 1. The number of alkyl halides is 3. The molecule has 0 amide bonds. The van der Waals surface area contributed by atoms with Crippen LogP contribution in [0.5, 0.6) is 0 Å². The van der Waals surface area contributed by atoms with Gasteiger partial charge in [0.2, 0.25) is 0 Å². The molecular weight excluding hydrogens is 259 g/mol. The number of carbonyl (C=O) groups excluding carboxylic acids is 1. The maximum atomic E-state index is 11.7. The maximum absolute atomic E-state index is 11.7. The Kier molecular flexibility index (Phi) is 4.88. The van der Waals surface area contributed by atoms with E-state index in [1.165, 1.54) is 13.3 Å². The van der Waals surface area contributed by atoms with Crippen molar-refractivity contribution >= 4 is 17.3 Å². The Bertz CT molecular complexity index is 378. The van der Waals surface area contributed by atoms with Crippen molar-refractivity contribution in [3.8, 4) is 0 Å². The highest BCUT2D eigenvalue weighted by atomic mass is 32.1. The number of thiazole rings is 1. The van der Waals surface area contributed by atoms with Gasteiger partial charge in [0.1, 0.15) is 11.5 Å². The molecule has 0 aliphatic rings. The second kappa shape index (κ2) is 5.97. The molecule has 0 unspecified atom stereocenters. The van der Waals surface area contributed by atoms with Gasteiger partial charge in [-0.25, -0.2) is 9.78 Å². The van der Waals surface area contributed by atoms with Crippen LogP contribution in [-0.4, -0.2) is 37.5 Å². The largest absolute Gasteiger partial charge is 0.465 e. The third kappa shape index (κ3) is 5.14. The molecule has 1 aromatic rings. The molecule has 0 aliphatic carbocycles. The van der Waals surface area contributed by atoms with Crippen LogP contribution in [0.2, 0.25) is 0 Å². The number of rotatable bonds is 5. The monoisotopic (exact) mass is 269 g/mol. The molecule has 17 heavy (non-hydrogen) atoms. The molecule has 1 rings (SSSR count). The minimum atomic E-state index is -4.32. The van der Waals surface area contributed by atoms with Crippen LogP contribution in [0.3, 0.4) is 0 Å². The van der Waals surface area contributed by atoms with Crippen molar-refractivity contribution in [1.29, 1.82) is 0 Å². The van der Waals surface area contributed by atoms with Crippen molar-refractivity contribution < 1.29 is 27.4 Å². The van der Waals surface area contributed by atoms with Gasteiger partial charge >= 0.3 is 12.1 Å². The molecule has 1 heterocycles. The van der Waals surface area contributed by atoms with Crippen LogP contribution < -0.4 is 0 Å². The Balaban J connectivity index is 2.33. The van der Waals surface area contributed by atoms with Crippen molar-refractivity contribution in [1.82, 2.24) is 4.98 Å².